The van der Waals surface area contributed by atoms with Crippen molar-refractivity contribution in [3.05, 3.63) is 64.8 Å². The smallest absolute Gasteiger partial charge is 0.267 e. The van der Waals surface area contributed by atoms with Crippen molar-refractivity contribution in [2.45, 2.75) is 6.42 Å². The van der Waals surface area contributed by atoms with E-state index in [0.717, 1.165) is 18.7 Å². The van der Waals surface area contributed by atoms with Gasteiger partial charge in [0.2, 0.25) is 0 Å². The third kappa shape index (κ3) is 3.59. The number of fused-ring (bicyclic) bond motifs is 1. The van der Waals surface area contributed by atoms with E-state index < -0.39 is 5.91 Å². The first-order chi connectivity index (χ1) is 12.1. The number of ether oxygens (including phenoxy) is 1. The molecule has 0 radical (unpaired) electrons. The van der Waals surface area contributed by atoms with Gasteiger partial charge in [0, 0.05) is 24.1 Å². The number of hydrogen-bond donors (Lipinski definition) is 1. The summed E-state index contributed by atoms with van der Waals surface area (Å²) in [6.07, 6.45) is 2.48. The maximum Gasteiger partial charge on any atom is 0.267 e. The van der Waals surface area contributed by atoms with Gasteiger partial charge in [-0.2, -0.15) is 5.26 Å². The normalized spacial score (nSPS) is 13.2. The molecule has 25 heavy (non-hydrogen) atoms. The summed E-state index contributed by atoms with van der Waals surface area (Å²) in [6.45, 7) is 0.742. The number of benzene rings is 2. The second-order valence-corrected chi connectivity index (χ2v) is 5.94. The van der Waals surface area contributed by atoms with Gasteiger partial charge >= 0.3 is 0 Å². The van der Waals surface area contributed by atoms with Crippen molar-refractivity contribution in [1.29, 1.82) is 5.26 Å². The van der Waals surface area contributed by atoms with Crippen molar-refractivity contribution in [2.24, 2.45) is 0 Å². The fraction of sp³-hybridized carbons (Fsp3) is 0.158. The van der Waals surface area contributed by atoms with Crippen LogP contribution in [0, 0.1) is 11.3 Å². The molecular formula is C19H16ClN3O2. The van der Waals surface area contributed by atoms with Gasteiger partial charge in [-0.15, -0.1) is 0 Å². The molecule has 5 nitrogen and oxygen atoms in total. The molecule has 0 fully saturated rings. The Bertz CT molecular complexity index is 886. The van der Waals surface area contributed by atoms with Crippen LogP contribution in [0.25, 0.3) is 0 Å². The molecule has 2 aromatic carbocycles. The molecule has 0 saturated carbocycles. The lowest BCUT2D eigenvalue weighted by Crippen LogP contribution is -2.19. The Balaban J connectivity index is 1.78. The third-order valence-electron chi connectivity index (χ3n) is 3.98. The van der Waals surface area contributed by atoms with Gasteiger partial charge in [-0.25, -0.2) is 0 Å². The summed E-state index contributed by atoms with van der Waals surface area (Å²) in [7, 11) is 1.52. The van der Waals surface area contributed by atoms with Crippen LogP contribution < -0.4 is 15.0 Å². The number of methoxy groups -OCH3 is 1. The molecule has 1 aliphatic rings. The molecular weight excluding hydrogens is 338 g/mol. The maximum atomic E-state index is 12.4. The van der Waals surface area contributed by atoms with E-state index in [1.807, 2.05) is 29.2 Å². The highest BCUT2D eigenvalue weighted by molar-refractivity contribution is 6.32. The largest absolute Gasteiger partial charge is 0.495 e. The van der Waals surface area contributed by atoms with Crippen LogP contribution in [0.4, 0.5) is 11.4 Å². The molecule has 126 valence electrons. The Hall–Kier alpha value is -2.97. The summed E-state index contributed by atoms with van der Waals surface area (Å²) in [5.74, 6) is 0.0394. The number of nitrogens with zero attached hydrogens (tertiary/aromatic N) is 2. The van der Waals surface area contributed by atoms with Crippen molar-refractivity contribution in [3.8, 4) is 11.8 Å². The average molecular weight is 354 g/mol. The number of nitrogens with one attached hydrogen (secondary N) is 1. The van der Waals surface area contributed by atoms with Crippen LogP contribution in [0.5, 0.6) is 5.75 Å². The van der Waals surface area contributed by atoms with Crippen molar-refractivity contribution >= 4 is 28.9 Å². The van der Waals surface area contributed by atoms with Gasteiger partial charge in [0.15, 0.2) is 0 Å². The van der Waals surface area contributed by atoms with E-state index in [4.69, 9.17) is 16.3 Å². The van der Waals surface area contributed by atoms with Gasteiger partial charge < -0.3 is 15.0 Å². The Morgan fingerprint density at radius 1 is 1.36 bits per heavy atom. The number of nitriles is 1. The maximum absolute atomic E-state index is 12.4. The second-order valence-electron chi connectivity index (χ2n) is 5.53. The fourth-order valence-electron chi connectivity index (χ4n) is 2.73. The monoisotopic (exact) mass is 353 g/mol. The van der Waals surface area contributed by atoms with E-state index >= 15 is 0 Å². The van der Waals surface area contributed by atoms with E-state index in [-0.39, 0.29) is 5.57 Å². The predicted octanol–water partition coefficient (Wildman–Crippen LogP) is 3.76. The SMILES string of the molecule is COc1ccc(NC(=O)/C(C#N)=C\N2CCc3ccccc32)cc1Cl. The van der Waals surface area contributed by atoms with Crippen molar-refractivity contribution < 1.29 is 9.53 Å². The standard InChI is InChI=1S/C19H16ClN3O2/c1-25-18-7-6-15(10-16(18)20)22-19(24)14(11-21)12-23-9-8-13-4-2-3-5-17(13)23/h2-7,10,12H,8-9H2,1H3,(H,22,24)/b14-12-. The summed E-state index contributed by atoms with van der Waals surface area (Å²) >= 11 is 6.06. The quantitative estimate of drug-likeness (QED) is 0.671. The van der Waals surface area contributed by atoms with Crippen LogP contribution in [0.1, 0.15) is 5.56 Å². The Morgan fingerprint density at radius 2 is 2.16 bits per heavy atom. The molecule has 0 aromatic heterocycles. The molecule has 1 N–H and O–H groups in total. The topological polar surface area (TPSA) is 65.4 Å². The zero-order valence-corrected chi connectivity index (χ0v) is 14.4. The second kappa shape index (κ2) is 7.29. The van der Waals surface area contributed by atoms with E-state index in [9.17, 15) is 10.1 Å². The Morgan fingerprint density at radius 3 is 2.88 bits per heavy atom. The van der Waals surface area contributed by atoms with Gasteiger partial charge in [-0.3, -0.25) is 4.79 Å². The van der Waals surface area contributed by atoms with Crippen LogP contribution in [0.2, 0.25) is 5.02 Å². The lowest BCUT2D eigenvalue weighted by molar-refractivity contribution is -0.112. The first-order valence-corrected chi connectivity index (χ1v) is 8.11. The molecule has 0 atom stereocenters. The van der Waals surface area contributed by atoms with Crippen LogP contribution in [0.15, 0.2) is 54.2 Å². The first kappa shape index (κ1) is 16.9. The van der Waals surface area contributed by atoms with Crippen LogP contribution in [-0.4, -0.2) is 19.6 Å². The lowest BCUT2D eigenvalue weighted by Gasteiger charge is -2.15. The number of hydrogen-bond acceptors (Lipinski definition) is 4. The van der Waals surface area contributed by atoms with Crippen molar-refractivity contribution in [1.82, 2.24) is 0 Å². The Labute approximate surface area is 151 Å². The molecule has 0 spiro atoms. The molecule has 0 saturated heterocycles. The summed E-state index contributed by atoms with van der Waals surface area (Å²) < 4.78 is 5.08. The van der Waals surface area contributed by atoms with Crippen molar-refractivity contribution in [3.63, 3.8) is 0 Å². The molecule has 0 aliphatic carbocycles. The molecule has 0 bridgehead atoms. The molecule has 6 heteroatoms. The minimum atomic E-state index is -0.479. The summed E-state index contributed by atoms with van der Waals surface area (Å²) in [4.78, 5) is 14.3. The highest BCUT2D eigenvalue weighted by Crippen LogP contribution is 2.29. The summed E-state index contributed by atoms with van der Waals surface area (Å²) in [5, 5.41) is 12.4. The fourth-order valence-corrected chi connectivity index (χ4v) is 2.99. The molecule has 1 heterocycles. The summed E-state index contributed by atoms with van der Waals surface area (Å²) in [6, 6.07) is 14.8. The molecule has 1 amide bonds. The lowest BCUT2D eigenvalue weighted by atomic mass is 10.2. The number of carbonyl (C=O) groups excluding carboxylic acids is 1. The van der Waals surface area contributed by atoms with E-state index in [0.29, 0.717) is 16.5 Å². The predicted molar refractivity (Wildman–Crippen MR) is 97.8 cm³/mol. The number of carbonyl (C=O) groups is 1. The van der Waals surface area contributed by atoms with Crippen molar-refractivity contribution in [2.75, 3.05) is 23.9 Å². The van der Waals surface area contributed by atoms with Crippen LogP contribution in [-0.2, 0) is 11.2 Å². The Kier molecular flexibility index (Phi) is 4.92. The minimum absolute atomic E-state index is 0.0312. The van der Waals surface area contributed by atoms with Crippen LogP contribution in [0.3, 0.4) is 0 Å². The van der Waals surface area contributed by atoms with Gasteiger partial charge in [-0.05, 0) is 36.2 Å². The number of rotatable bonds is 4. The van der Waals surface area contributed by atoms with Gasteiger partial charge in [0.05, 0.1) is 12.1 Å². The highest BCUT2D eigenvalue weighted by atomic mass is 35.5. The molecule has 1 aliphatic heterocycles. The summed E-state index contributed by atoms with van der Waals surface area (Å²) in [5.41, 5.74) is 2.76. The van der Waals surface area contributed by atoms with E-state index in [1.54, 1.807) is 24.4 Å². The van der Waals surface area contributed by atoms with Gasteiger partial charge in [0.25, 0.3) is 5.91 Å². The molecule has 0 unspecified atom stereocenters. The number of anilines is 2. The van der Waals surface area contributed by atoms with E-state index in [2.05, 4.69) is 11.4 Å². The first-order valence-electron chi connectivity index (χ1n) is 7.73. The minimum Gasteiger partial charge on any atom is -0.495 e. The molecule has 2 aromatic rings. The zero-order chi connectivity index (χ0) is 17.8. The number of halogens is 1. The average Bonchev–Trinajstić information content (AvgIpc) is 3.02. The van der Waals surface area contributed by atoms with Gasteiger partial charge in [0.1, 0.15) is 17.4 Å². The van der Waals surface area contributed by atoms with Crippen LogP contribution >= 0.6 is 11.6 Å². The van der Waals surface area contributed by atoms with E-state index in [1.165, 1.54) is 12.7 Å². The zero-order valence-electron chi connectivity index (χ0n) is 13.6. The number of para-hydroxylation sites is 1. The third-order valence-corrected chi connectivity index (χ3v) is 4.28. The number of amides is 1. The molecule has 3 rings (SSSR count). The van der Waals surface area contributed by atoms with Gasteiger partial charge in [-0.1, -0.05) is 29.8 Å². The highest BCUT2D eigenvalue weighted by Gasteiger charge is 2.19.